The lowest BCUT2D eigenvalue weighted by molar-refractivity contribution is 0.339. The van der Waals surface area contributed by atoms with Crippen molar-refractivity contribution < 1.29 is 0 Å². The van der Waals surface area contributed by atoms with E-state index in [1.54, 1.807) is 6.20 Å². The van der Waals surface area contributed by atoms with Crippen molar-refractivity contribution in [3.05, 3.63) is 12.4 Å². The minimum Gasteiger partial charge on any atom is -0.315 e. The normalized spacial score (nSPS) is 18.1. The van der Waals surface area contributed by atoms with Crippen LogP contribution in [0, 0.1) is 5.92 Å². The highest BCUT2D eigenvalue weighted by Gasteiger charge is 2.12. The topological polar surface area (TPSA) is 42.7 Å². The average molecular weight is 208 g/mol. The highest BCUT2D eigenvalue weighted by molar-refractivity contribution is 4.68. The summed E-state index contributed by atoms with van der Waals surface area (Å²) in [6.45, 7) is 3.10. The first-order valence-corrected chi connectivity index (χ1v) is 6.00. The predicted molar refractivity (Wildman–Crippen MR) is 59.5 cm³/mol. The summed E-state index contributed by atoms with van der Waals surface area (Å²) in [5.74, 6) is 0.912. The zero-order valence-corrected chi connectivity index (χ0v) is 9.23. The summed E-state index contributed by atoms with van der Waals surface area (Å²) in [5, 5.41) is 11.2. The smallest absolute Gasteiger partial charge is 0.0692 e. The third kappa shape index (κ3) is 3.63. The molecule has 0 saturated heterocycles. The predicted octanol–water partition coefficient (Wildman–Crippen LogP) is 1.45. The van der Waals surface area contributed by atoms with E-state index in [2.05, 4.69) is 15.6 Å². The third-order valence-corrected chi connectivity index (χ3v) is 3.15. The van der Waals surface area contributed by atoms with Gasteiger partial charge >= 0.3 is 0 Å². The zero-order valence-electron chi connectivity index (χ0n) is 9.23. The highest BCUT2D eigenvalue weighted by atomic mass is 15.4. The van der Waals surface area contributed by atoms with Gasteiger partial charge in [-0.15, -0.1) is 5.10 Å². The van der Waals surface area contributed by atoms with Crippen LogP contribution < -0.4 is 5.32 Å². The van der Waals surface area contributed by atoms with Crippen LogP contribution in [-0.2, 0) is 6.54 Å². The second-order valence-electron chi connectivity index (χ2n) is 4.37. The Morgan fingerprint density at radius 2 is 2.13 bits per heavy atom. The zero-order chi connectivity index (χ0) is 10.3. The third-order valence-electron chi connectivity index (χ3n) is 3.15. The molecule has 0 amide bonds. The van der Waals surface area contributed by atoms with Gasteiger partial charge in [0.2, 0.25) is 0 Å². The van der Waals surface area contributed by atoms with Crippen molar-refractivity contribution in [2.24, 2.45) is 5.92 Å². The summed E-state index contributed by atoms with van der Waals surface area (Å²) >= 11 is 0. The first-order valence-electron chi connectivity index (χ1n) is 6.00. The molecule has 1 N–H and O–H groups in total. The minimum atomic E-state index is 0.912. The second kappa shape index (κ2) is 5.85. The molecule has 4 nitrogen and oxygen atoms in total. The van der Waals surface area contributed by atoms with Gasteiger partial charge in [0.05, 0.1) is 12.7 Å². The molecule has 4 heteroatoms. The van der Waals surface area contributed by atoms with Gasteiger partial charge in [-0.05, 0) is 25.3 Å². The van der Waals surface area contributed by atoms with Gasteiger partial charge in [0.1, 0.15) is 0 Å². The van der Waals surface area contributed by atoms with Crippen molar-refractivity contribution in [3.8, 4) is 0 Å². The monoisotopic (exact) mass is 208 g/mol. The Bertz CT molecular complexity index is 252. The summed E-state index contributed by atoms with van der Waals surface area (Å²) in [6, 6.07) is 0. The number of rotatable bonds is 5. The second-order valence-corrected chi connectivity index (χ2v) is 4.37. The first-order chi connectivity index (χ1) is 7.45. The Balaban J connectivity index is 1.54. The van der Waals surface area contributed by atoms with Crippen molar-refractivity contribution >= 4 is 0 Å². The van der Waals surface area contributed by atoms with Gasteiger partial charge in [-0.2, -0.15) is 0 Å². The van der Waals surface area contributed by atoms with Crippen molar-refractivity contribution in [1.82, 2.24) is 20.3 Å². The van der Waals surface area contributed by atoms with Crippen LogP contribution in [0.3, 0.4) is 0 Å². The standard InChI is InChI=1S/C11H20N4/c1-2-4-11(5-3-1)10-12-6-8-15-9-7-13-14-15/h7,9,11-12H,1-6,8,10H2. The summed E-state index contributed by atoms with van der Waals surface area (Å²) in [6.07, 6.45) is 10.7. The molecule has 0 unspecified atom stereocenters. The van der Waals surface area contributed by atoms with Crippen LogP contribution in [0.1, 0.15) is 32.1 Å². The van der Waals surface area contributed by atoms with Crippen LogP contribution in [0.25, 0.3) is 0 Å². The molecule has 1 aliphatic carbocycles. The lowest BCUT2D eigenvalue weighted by Crippen LogP contribution is -2.27. The van der Waals surface area contributed by atoms with Crippen molar-refractivity contribution in [2.75, 3.05) is 13.1 Å². The Morgan fingerprint density at radius 1 is 1.27 bits per heavy atom. The van der Waals surface area contributed by atoms with Crippen molar-refractivity contribution in [3.63, 3.8) is 0 Å². The van der Waals surface area contributed by atoms with Crippen LogP contribution in [0.5, 0.6) is 0 Å². The number of hydrogen-bond donors (Lipinski definition) is 1. The molecule has 15 heavy (non-hydrogen) atoms. The van der Waals surface area contributed by atoms with Crippen LogP contribution in [0.15, 0.2) is 12.4 Å². The molecule has 0 aliphatic heterocycles. The molecule has 0 bridgehead atoms. The maximum Gasteiger partial charge on any atom is 0.0692 e. The van der Waals surface area contributed by atoms with Gasteiger partial charge in [0.25, 0.3) is 0 Å². The minimum absolute atomic E-state index is 0.912. The quantitative estimate of drug-likeness (QED) is 0.745. The molecule has 1 aromatic rings. The number of aromatic nitrogens is 3. The Kier molecular flexibility index (Phi) is 4.14. The van der Waals surface area contributed by atoms with E-state index in [0.29, 0.717) is 0 Å². The molecule has 0 atom stereocenters. The first kappa shape index (κ1) is 10.6. The molecule has 1 aliphatic rings. The van der Waals surface area contributed by atoms with E-state index >= 15 is 0 Å². The lowest BCUT2D eigenvalue weighted by Gasteiger charge is -2.21. The van der Waals surface area contributed by atoms with Gasteiger partial charge < -0.3 is 5.32 Å². The summed E-state index contributed by atoms with van der Waals surface area (Å²) in [5.41, 5.74) is 0. The van der Waals surface area contributed by atoms with Crippen LogP contribution in [0.4, 0.5) is 0 Å². The maximum atomic E-state index is 3.93. The summed E-state index contributed by atoms with van der Waals surface area (Å²) in [4.78, 5) is 0. The molecule has 2 rings (SSSR count). The van der Waals surface area contributed by atoms with Crippen LogP contribution in [0.2, 0.25) is 0 Å². The van der Waals surface area contributed by atoms with E-state index in [1.807, 2.05) is 10.9 Å². The number of hydrogen-bond acceptors (Lipinski definition) is 3. The Hall–Kier alpha value is -0.900. The van der Waals surface area contributed by atoms with Gasteiger partial charge in [-0.3, -0.25) is 4.68 Å². The number of nitrogens with one attached hydrogen (secondary N) is 1. The van der Waals surface area contributed by atoms with Crippen LogP contribution >= 0.6 is 0 Å². The summed E-state index contributed by atoms with van der Waals surface area (Å²) < 4.78 is 1.87. The molecule has 0 spiro atoms. The van der Waals surface area contributed by atoms with E-state index in [9.17, 15) is 0 Å². The fraction of sp³-hybridized carbons (Fsp3) is 0.818. The molecular weight excluding hydrogens is 188 g/mol. The number of nitrogens with zero attached hydrogens (tertiary/aromatic N) is 3. The van der Waals surface area contributed by atoms with Gasteiger partial charge in [0, 0.05) is 12.7 Å². The van der Waals surface area contributed by atoms with Crippen molar-refractivity contribution in [1.29, 1.82) is 0 Å². The van der Waals surface area contributed by atoms with Gasteiger partial charge in [-0.25, -0.2) is 0 Å². The Morgan fingerprint density at radius 3 is 2.87 bits per heavy atom. The van der Waals surface area contributed by atoms with Crippen molar-refractivity contribution in [2.45, 2.75) is 38.6 Å². The molecular formula is C11H20N4. The summed E-state index contributed by atoms with van der Waals surface area (Å²) in [7, 11) is 0. The van der Waals surface area contributed by atoms with Crippen LogP contribution in [-0.4, -0.2) is 28.1 Å². The molecule has 1 fully saturated rings. The molecule has 1 saturated carbocycles. The fourth-order valence-corrected chi connectivity index (χ4v) is 2.24. The van der Waals surface area contributed by atoms with E-state index in [0.717, 1.165) is 19.0 Å². The fourth-order valence-electron chi connectivity index (χ4n) is 2.24. The molecule has 1 heterocycles. The lowest BCUT2D eigenvalue weighted by atomic mass is 9.89. The maximum absolute atomic E-state index is 3.93. The van der Waals surface area contributed by atoms with E-state index in [-0.39, 0.29) is 0 Å². The van der Waals surface area contributed by atoms with E-state index in [1.165, 1.54) is 38.6 Å². The van der Waals surface area contributed by atoms with Gasteiger partial charge in [-0.1, -0.05) is 24.5 Å². The molecule has 0 aromatic carbocycles. The SMILES string of the molecule is c1cn(CCNCC2CCCCC2)nn1. The van der Waals surface area contributed by atoms with E-state index < -0.39 is 0 Å². The highest BCUT2D eigenvalue weighted by Crippen LogP contribution is 2.22. The molecule has 84 valence electrons. The molecule has 0 radical (unpaired) electrons. The molecule has 1 aromatic heterocycles. The Labute approximate surface area is 91.1 Å². The van der Waals surface area contributed by atoms with E-state index in [4.69, 9.17) is 0 Å². The average Bonchev–Trinajstić information content (AvgIpc) is 2.79. The van der Waals surface area contributed by atoms with Gasteiger partial charge in [0.15, 0.2) is 0 Å². The largest absolute Gasteiger partial charge is 0.315 e.